The molecule has 4 aliphatic rings. The number of nitrogens with zero attached hydrogens (tertiary/aromatic N) is 1. The summed E-state index contributed by atoms with van der Waals surface area (Å²) in [6.45, 7) is 1.89. The van der Waals surface area contributed by atoms with Crippen molar-refractivity contribution in [3.05, 3.63) is 23.9 Å². The summed E-state index contributed by atoms with van der Waals surface area (Å²) in [7, 11) is -1.29. The minimum atomic E-state index is -1.29. The van der Waals surface area contributed by atoms with Crippen LogP contribution >= 0.6 is 0 Å². The summed E-state index contributed by atoms with van der Waals surface area (Å²) in [5.74, 6) is 2.51. The minimum Gasteiger partial charge on any atom is -0.298 e. The van der Waals surface area contributed by atoms with Crippen molar-refractivity contribution in [1.29, 1.82) is 0 Å². The van der Waals surface area contributed by atoms with Crippen LogP contribution in [0.15, 0.2) is 23.2 Å². The zero-order valence-corrected chi connectivity index (χ0v) is 13.2. The number of aryl methyl sites for hydroxylation is 1. The molecule has 4 bridgehead atoms. The average molecular weight is 303 g/mol. The van der Waals surface area contributed by atoms with Crippen LogP contribution in [0.3, 0.4) is 0 Å². The van der Waals surface area contributed by atoms with Crippen LogP contribution in [-0.2, 0) is 15.6 Å². The second-order valence-corrected chi connectivity index (χ2v) is 8.63. The maximum absolute atomic E-state index is 12.9. The first-order valence-electron chi connectivity index (χ1n) is 7.92. The number of pyridine rings is 1. The van der Waals surface area contributed by atoms with Crippen molar-refractivity contribution in [2.45, 2.75) is 44.1 Å². The van der Waals surface area contributed by atoms with Crippen molar-refractivity contribution in [2.75, 3.05) is 5.75 Å². The minimum absolute atomic E-state index is 0.118. The van der Waals surface area contributed by atoms with E-state index < -0.39 is 10.8 Å². The van der Waals surface area contributed by atoms with Crippen molar-refractivity contribution in [3.8, 4) is 0 Å². The van der Waals surface area contributed by atoms with Gasteiger partial charge in [0.25, 0.3) is 0 Å². The zero-order valence-electron chi connectivity index (χ0n) is 12.4. The lowest BCUT2D eigenvalue weighted by atomic mass is 9.73. The Morgan fingerprint density at radius 1 is 1.29 bits per heavy atom. The van der Waals surface area contributed by atoms with Gasteiger partial charge in [0, 0.05) is 11.1 Å². The Balaban J connectivity index is 1.53. The maximum atomic E-state index is 12.9. The molecular weight excluding hydrogens is 282 g/mol. The molecule has 1 aromatic rings. The molecule has 112 valence electrons. The van der Waals surface area contributed by atoms with Gasteiger partial charge >= 0.3 is 0 Å². The van der Waals surface area contributed by atoms with E-state index in [0.717, 1.165) is 30.4 Å². The fourth-order valence-electron chi connectivity index (χ4n) is 5.23. The molecule has 0 radical (unpaired) electrons. The molecule has 5 rings (SSSR count). The van der Waals surface area contributed by atoms with Crippen molar-refractivity contribution < 1.29 is 9.00 Å². The molecule has 0 aromatic carbocycles. The Kier molecular flexibility index (Phi) is 3.07. The summed E-state index contributed by atoms with van der Waals surface area (Å²) in [5, 5.41) is 0.553. The summed E-state index contributed by atoms with van der Waals surface area (Å²) in [4.78, 5) is 17.2. The van der Waals surface area contributed by atoms with Gasteiger partial charge in [-0.15, -0.1) is 0 Å². The first-order chi connectivity index (χ1) is 10.1. The number of carbonyl (C=O) groups is 1. The van der Waals surface area contributed by atoms with Gasteiger partial charge in [-0.2, -0.15) is 0 Å². The van der Waals surface area contributed by atoms with E-state index in [1.165, 1.54) is 19.3 Å². The Hall–Kier alpha value is -1.03. The second kappa shape index (κ2) is 4.73. The predicted molar refractivity (Wildman–Crippen MR) is 81.2 cm³/mol. The number of aromatic nitrogens is 1. The number of Topliss-reactive ketones (excluding diaryl/α,β-unsaturated/α-hetero) is 1. The lowest BCUT2D eigenvalue weighted by Gasteiger charge is -2.31. The standard InChI is InChI=1S/C17H21NO2S/c1-11-3-2-4-16(18-11)21(20)10-15(19)17-8-12-5-13(9-17)7-14(17)6-12/h2-4,12-14H,5-10H2,1H3. The molecule has 3 unspecified atom stereocenters. The van der Waals surface area contributed by atoms with Crippen molar-refractivity contribution in [3.63, 3.8) is 0 Å². The van der Waals surface area contributed by atoms with Gasteiger partial charge < -0.3 is 0 Å². The summed E-state index contributed by atoms with van der Waals surface area (Å²) in [5.41, 5.74) is 0.736. The topological polar surface area (TPSA) is 47.0 Å². The number of hydrogen-bond donors (Lipinski definition) is 0. The molecular formula is C17H21NO2S. The van der Waals surface area contributed by atoms with Crippen LogP contribution in [-0.4, -0.2) is 20.7 Å². The molecule has 1 aromatic heterocycles. The first-order valence-corrected chi connectivity index (χ1v) is 9.24. The highest BCUT2D eigenvalue weighted by Gasteiger charge is 2.60. The molecule has 0 spiro atoms. The Morgan fingerprint density at radius 3 is 2.67 bits per heavy atom. The highest BCUT2D eigenvalue weighted by Crippen LogP contribution is 2.65. The molecule has 1 heterocycles. The monoisotopic (exact) mass is 303 g/mol. The van der Waals surface area contributed by atoms with E-state index in [1.54, 1.807) is 6.07 Å². The molecule has 4 aliphatic carbocycles. The lowest BCUT2D eigenvalue weighted by Crippen LogP contribution is -2.36. The van der Waals surface area contributed by atoms with Gasteiger partial charge in [0.1, 0.15) is 5.03 Å². The first kappa shape index (κ1) is 13.6. The maximum Gasteiger partial charge on any atom is 0.152 e. The van der Waals surface area contributed by atoms with Gasteiger partial charge in [0.2, 0.25) is 0 Å². The van der Waals surface area contributed by atoms with Gasteiger partial charge in [-0.25, -0.2) is 4.98 Å². The van der Waals surface area contributed by atoms with E-state index in [-0.39, 0.29) is 17.0 Å². The SMILES string of the molecule is Cc1cccc(S(=O)CC(=O)C23CC4CC(CC2C4)C3)n1. The smallest absolute Gasteiger partial charge is 0.152 e. The Morgan fingerprint density at radius 2 is 2.00 bits per heavy atom. The summed E-state index contributed by atoms with van der Waals surface area (Å²) in [6, 6.07) is 5.52. The highest BCUT2D eigenvalue weighted by atomic mass is 32.2. The van der Waals surface area contributed by atoms with Crippen LogP contribution in [0.4, 0.5) is 0 Å². The fourth-order valence-corrected chi connectivity index (χ4v) is 6.38. The largest absolute Gasteiger partial charge is 0.298 e. The second-order valence-electron chi connectivity index (χ2n) is 7.23. The third-order valence-electron chi connectivity index (χ3n) is 5.90. The number of ketones is 1. The third-order valence-corrected chi connectivity index (χ3v) is 7.12. The normalized spacial score (nSPS) is 37.9. The quantitative estimate of drug-likeness (QED) is 0.859. The van der Waals surface area contributed by atoms with Crippen LogP contribution in [0.2, 0.25) is 0 Å². The van der Waals surface area contributed by atoms with E-state index in [4.69, 9.17) is 0 Å². The van der Waals surface area contributed by atoms with E-state index in [0.29, 0.717) is 10.9 Å². The van der Waals surface area contributed by atoms with Gasteiger partial charge in [-0.1, -0.05) is 6.07 Å². The van der Waals surface area contributed by atoms with E-state index in [1.807, 2.05) is 19.1 Å². The van der Waals surface area contributed by atoms with Crippen LogP contribution in [0.25, 0.3) is 0 Å². The summed E-state index contributed by atoms with van der Waals surface area (Å²) >= 11 is 0. The molecule has 0 amide bonds. The molecule has 3 nitrogen and oxygen atoms in total. The van der Waals surface area contributed by atoms with Gasteiger partial charge in [0.05, 0.1) is 16.6 Å². The zero-order chi connectivity index (χ0) is 14.6. The molecule has 3 atom stereocenters. The lowest BCUT2D eigenvalue weighted by molar-refractivity contribution is -0.127. The van der Waals surface area contributed by atoms with E-state index >= 15 is 0 Å². The molecule has 0 saturated heterocycles. The van der Waals surface area contributed by atoms with E-state index in [2.05, 4.69) is 4.98 Å². The fraction of sp³-hybridized carbons (Fsp3) is 0.647. The van der Waals surface area contributed by atoms with Crippen molar-refractivity contribution in [2.24, 2.45) is 23.2 Å². The van der Waals surface area contributed by atoms with Gasteiger partial charge in [0.15, 0.2) is 5.78 Å². The van der Waals surface area contributed by atoms with Crippen LogP contribution in [0, 0.1) is 30.1 Å². The van der Waals surface area contributed by atoms with Crippen LogP contribution in [0.5, 0.6) is 0 Å². The number of hydrogen-bond acceptors (Lipinski definition) is 3. The molecule has 21 heavy (non-hydrogen) atoms. The van der Waals surface area contributed by atoms with Crippen molar-refractivity contribution >= 4 is 16.6 Å². The molecule has 4 fully saturated rings. The highest BCUT2D eigenvalue weighted by molar-refractivity contribution is 7.85. The number of carbonyl (C=O) groups excluding carboxylic acids is 1. The molecule has 4 heteroatoms. The van der Waals surface area contributed by atoms with Crippen molar-refractivity contribution in [1.82, 2.24) is 4.98 Å². The molecule has 0 aliphatic heterocycles. The van der Waals surface area contributed by atoms with Crippen LogP contribution in [0.1, 0.15) is 37.8 Å². The van der Waals surface area contributed by atoms with Gasteiger partial charge in [-0.3, -0.25) is 9.00 Å². The Bertz CT molecular complexity index is 613. The molecule has 0 N–H and O–H groups in total. The predicted octanol–water partition coefficient (Wildman–Crippen LogP) is 2.89. The number of rotatable bonds is 4. The molecule has 4 saturated carbocycles. The third kappa shape index (κ3) is 2.10. The summed E-state index contributed by atoms with van der Waals surface area (Å²) in [6.07, 6.45) is 5.92. The summed E-state index contributed by atoms with van der Waals surface area (Å²) < 4.78 is 12.5. The average Bonchev–Trinajstić information content (AvgIpc) is 2.85. The van der Waals surface area contributed by atoms with E-state index in [9.17, 15) is 9.00 Å². The Labute approximate surface area is 128 Å². The van der Waals surface area contributed by atoms with Crippen LogP contribution < -0.4 is 0 Å². The van der Waals surface area contributed by atoms with Gasteiger partial charge in [-0.05, 0) is 68.9 Å².